The van der Waals surface area contributed by atoms with Crippen molar-refractivity contribution in [2.75, 3.05) is 5.32 Å². The Labute approximate surface area is 126 Å². The van der Waals surface area contributed by atoms with Crippen molar-refractivity contribution in [2.24, 2.45) is 0 Å². The molecule has 3 aromatic rings. The first-order chi connectivity index (χ1) is 10.2. The van der Waals surface area contributed by atoms with E-state index < -0.39 is 0 Å². The molecule has 1 heterocycles. The van der Waals surface area contributed by atoms with Crippen molar-refractivity contribution in [2.45, 2.75) is 6.92 Å². The van der Waals surface area contributed by atoms with E-state index in [1.165, 1.54) is 11.3 Å². The second kappa shape index (κ2) is 5.85. The molecule has 0 atom stereocenters. The molecule has 0 radical (unpaired) electrons. The first kappa shape index (κ1) is 13.5. The fourth-order valence-electron chi connectivity index (χ4n) is 1.93. The van der Waals surface area contributed by atoms with Crippen LogP contribution in [-0.4, -0.2) is 16.1 Å². The van der Waals surface area contributed by atoms with E-state index in [-0.39, 0.29) is 5.91 Å². The number of carbonyl (C=O) groups excluding carboxylic acids is 1. The molecule has 1 amide bonds. The van der Waals surface area contributed by atoms with Crippen LogP contribution in [0.25, 0.3) is 10.6 Å². The van der Waals surface area contributed by atoms with Gasteiger partial charge >= 0.3 is 0 Å². The molecular weight excluding hydrogens is 282 g/mol. The molecule has 0 aliphatic carbocycles. The highest BCUT2D eigenvalue weighted by atomic mass is 32.1. The molecule has 0 saturated carbocycles. The predicted octanol–water partition coefficient (Wildman–Crippen LogP) is 3.77. The lowest BCUT2D eigenvalue weighted by Gasteiger charge is -2.01. The number of hydrogen-bond donors (Lipinski definition) is 1. The molecule has 0 unspecified atom stereocenters. The van der Waals surface area contributed by atoms with E-state index in [9.17, 15) is 4.79 Å². The highest BCUT2D eigenvalue weighted by Gasteiger charge is 2.11. The van der Waals surface area contributed by atoms with Crippen LogP contribution in [0.4, 0.5) is 5.13 Å². The lowest BCUT2D eigenvalue weighted by atomic mass is 10.1. The minimum absolute atomic E-state index is 0.172. The SMILES string of the molecule is Cc1cccc(C(=O)Nc2nnc(-c3ccccc3)s2)c1. The van der Waals surface area contributed by atoms with E-state index in [4.69, 9.17) is 0 Å². The molecule has 0 fully saturated rings. The van der Waals surface area contributed by atoms with Crippen LogP contribution >= 0.6 is 11.3 Å². The summed E-state index contributed by atoms with van der Waals surface area (Å²) in [6.45, 7) is 1.95. The molecule has 0 spiro atoms. The van der Waals surface area contributed by atoms with E-state index in [1.807, 2.05) is 55.5 Å². The minimum Gasteiger partial charge on any atom is -0.296 e. The summed E-state index contributed by atoms with van der Waals surface area (Å²) in [7, 11) is 0. The molecule has 0 bridgehead atoms. The van der Waals surface area contributed by atoms with Gasteiger partial charge in [0.1, 0.15) is 5.01 Å². The summed E-state index contributed by atoms with van der Waals surface area (Å²) in [6.07, 6.45) is 0. The average molecular weight is 295 g/mol. The lowest BCUT2D eigenvalue weighted by Crippen LogP contribution is -2.11. The van der Waals surface area contributed by atoms with Gasteiger partial charge in [0.25, 0.3) is 5.91 Å². The van der Waals surface area contributed by atoms with Crippen LogP contribution in [0, 0.1) is 6.92 Å². The van der Waals surface area contributed by atoms with Gasteiger partial charge in [-0.05, 0) is 19.1 Å². The third kappa shape index (κ3) is 3.14. The monoisotopic (exact) mass is 295 g/mol. The zero-order chi connectivity index (χ0) is 14.7. The summed E-state index contributed by atoms with van der Waals surface area (Å²) in [5.74, 6) is -0.172. The van der Waals surface area contributed by atoms with Gasteiger partial charge in [0, 0.05) is 11.1 Å². The lowest BCUT2D eigenvalue weighted by molar-refractivity contribution is 0.102. The summed E-state index contributed by atoms with van der Waals surface area (Å²) in [4.78, 5) is 12.1. The summed E-state index contributed by atoms with van der Waals surface area (Å²) in [5, 5.41) is 12.2. The second-order valence-corrected chi connectivity index (χ2v) is 5.58. The largest absolute Gasteiger partial charge is 0.296 e. The maximum absolute atomic E-state index is 12.1. The number of nitrogens with zero attached hydrogens (tertiary/aromatic N) is 2. The summed E-state index contributed by atoms with van der Waals surface area (Å²) >= 11 is 1.36. The van der Waals surface area contributed by atoms with Gasteiger partial charge in [-0.25, -0.2) is 0 Å². The van der Waals surface area contributed by atoms with Gasteiger partial charge in [-0.2, -0.15) is 0 Å². The number of carbonyl (C=O) groups is 1. The molecule has 4 nitrogen and oxygen atoms in total. The molecule has 1 N–H and O–H groups in total. The first-order valence-corrected chi connectivity index (χ1v) is 7.31. The maximum atomic E-state index is 12.1. The van der Waals surface area contributed by atoms with E-state index in [0.717, 1.165) is 16.1 Å². The Balaban J connectivity index is 1.77. The van der Waals surface area contributed by atoms with Crippen LogP contribution in [0.1, 0.15) is 15.9 Å². The highest BCUT2D eigenvalue weighted by Crippen LogP contribution is 2.26. The number of hydrogen-bond acceptors (Lipinski definition) is 4. The van der Waals surface area contributed by atoms with Crippen LogP contribution in [0.3, 0.4) is 0 Å². The van der Waals surface area contributed by atoms with Crippen molar-refractivity contribution in [3.63, 3.8) is 0 Å². The number of aromatic nitrogens is 2. The predicted molar refractivity (Wildman–Crippen MR) is 84.5 cm³/mol. The van der Waals surface area contributed by atoms with Crippen LogP contribution in [0.5, 0.6) is 0 Å². The minimum atomic E-state index is -0.172. The molecule has 2 aromatic carbocycles. The normalized spacial score (nSPS) is 10.3. The summed E-state index contributed by atoms with van der Waals surface area (Å²) in [6, 6.07) is 17.2. The van der Waals surface area contributed by atoms with Crippen molar-refractivity contribution in [1.29, 1.82) is 0 Å². The summed E-state index contributed by atoms with van der Waals surface area (Å²) in [5.41, 5.74) is 2.66. The number of anilines is 1. The molecular formula is C16H13N3OS. The van der Waals surface area contributed by atoms with Gasteiger partial charge < -0.3 is 0 Å². The van der Waals surface area contributed by atoms with Crippen molar-refractivity contribution < 1.29 is 4.79 Å². The Morgan fingerprint density at radius 3 is 2.62 bits per heavy atom. The number of benzene rings is 2. The first-order valence-electron chi connectivity index (χ1n) is 6.49. The van der Waals surface area contributed by atoms with Crippen molar-refractivity contribution in [3.8, 4) is 10.6 Å². The van der Waals surface area contributed by atoms with Gasteiger partial charge in [0.2, 0.25) is 5.13 Å². The number of aryl methyl sites for hydroxylation is 1. The Morgan fingerprint density at radius 2 is 1.86 bits per heavy atom. The zero-order valence-electron chi connectivity index (χ0n) is 11.4. The molecule has 5 heteroatoms. The second-order valence-electron chi connectivity index (χ2n) is 4.60. The van der Waals surface area contributed by atoms with Crippen molar-refractivity contribution >= 4 is 22.4 Å². The fraction of sp³-hybridized carbons (Fsp3) is 0.0625. The quantitative estimate of drug-likeness (QED) is 0.800. The summed E-state index contributed by atoms with van der Waals surface area (Å²) < 4.78 is 0. The van der Waals surface area contributed by atoms with Crippen molar-refractivity contribution in [1.82, 2.24) is 10.2 Å². The Hall–Kier alpha value is -2.53. The number of nitrogens with one attached hydrogen (secondary N) is 1. The van der Waals surface area contributed by atoms with E-state index in [2.05, 4.69) is 15.5 Å². The van der Waals surface area contributed by atoms with Gasteiger partial charge in [0.05, 0.1) is 0 Å². The molecule has 0 aliphatic heterocycles. The third-order valence-electron chi connectivity index (χ3n) is 2.95. The topological polar surface area (TPSA) is 54.9 Å². The standard InChI is InChI=1S/C16H13N3OS/c1-11-6-5-9-13(10-11)14(20)17-16-19-18-15(21-16)12-7-3-2-4-8-12/h2-10H,1H3,(H,17,19,20). The van der Waals surface area contributed by atoms with Crippen molar-refractivity contribution in [3.05, 3.63) is 65.7 Å². The number of amides is 1. The Morgan fingerprint density at radius 1 is 1.05 bits per heavy atom. The Kier molecular flexibility index (Phi) is 3.75. The fourth-order valence-corrected chi connectivity index (χ4v) is 2.67. The molecule has 104 valence electrons. The number of rotatable bonds is 3. The van der Waals surface area contributed by atoms with Gasteiger partial charge in [-0.3, -0.25) is 10.1 Å². The van der Waals surface area contributed by atoms with Crippen LogP contribution in [-0.2, 0) is 0 Å². The smallest absolute Gasteiger partial charge is 0.257 e. The molecule has 0 aliphatic rings. The van der Waals surface area contributed by atoms with Gasteiger partial charge in [-0.15, -0.1) is 10.2 Å². The Bertz CT molecular complexity index is 768. The third-order valence-corrected chi connectivity index (χ3v) is 3.83. The average Bonchev–Trinajstić information content (AvgIpc) is 2.97. The van der Waals surface area contributed by atoms with E-state index in [0.29, 0.717) is 10.7 Å². The molecule has 3 rings (SSSR count). The maximum Gasteiger partial charge on any atom is 0.257 e. The van der Waals surface area contributed by atoms with Crippen LogP contribution < -0.4 is 5.32 Å². The van der Waals surface area contributed by atoms with Crippen LogP contribution in [0.15, 0.2) is 54.6 Å². The van der Waals surface area contributed by atoms with Crippen LogP contribution in [0.2, 0.25) is 0 Å². The van der Waals surface area contributed by atoms with E-state index >= 15 is 0 Å². The van der Waals surface area contributed by atoms with Gasteiger partial charge in [-0.1, -0.05) is 59.4 Å². The highest BCUT2D eigenvalue weighted by molar-refractivity contribution is 7.18. The molecule has 1 aromatic heterocycles. The van der Waals surface area contributed by atoms with Gasteiger partial charge in [0.15, 0.2) is 0 Å². The molecule has 21 heavy (non-hydrogen) atoms. The molecule has 0 saturated heterocycles. The zero-order valence-corrected chi connectivity index (χ0v) is 12.2. The van der Waals surface area contributed by atoms with E-state index in [1.54, 1.807) is 6.07 Å².